The highest BCUT2D eigenvalue weighted by Gasteiger charge is 2.57. The van der Waals surface area contributed by atoms with Crippen molar-refractivity contribution in [1.82, 2.24) is 0 Å². The molecule has 0 bridgehead atoms. The molecule has 28 heavy (non-hydrogen) atoms. The molecule has 2 aromatic carbocycles. The summed E-state index contributed by atoms with van der Waals surface area (Å²) in [6, 6.07) is 9.99. The Balaban J connectivity index is 1.86. The largest absolute Gasteiger partial charge is 0.508 e. The number of amides is 2. The summed E-state index contributed by atoms with van der Waals surface area (Å²) >= 11 is 0. The Morgan fingerprint density at radius 3 is 2.46 bits per heavy atom. The molecule has 0 radical (unpaired) electrons. The van der Waals surface area contributed by atoms with Crippen molar-refractivity contribution >= 4 is 28.9 Å². The molecule has 6 nitrogen and oxygen atoms in total. The van der Waals surface area contributed by atoms with Crippen LogP contribution in [0.5, 0.6) is 5.75 Å². The molecule has 2 aromatic rings. The van der Waals surface area contributed by atoms with Crippen LogP contribution in [0.1, 0.15) is 19.4 Å². The lowest BCUT2D eigenvalue weighted by molar-refractivity contribution is -0.135. The van der Waals surface area contributed by atoms with Crippen molar-refractivity contribution in [3.8, 4) is 5.75 Å². The minimum Gasteiger partial charge on any atom is -0.508 e. The van der Waals surface area contributed by atoms with E-state index in [0.29, 0.717) is 11.9 Å². The molecule has 146 valence electrons. The fraction of sp³-hybridized carbons (Fsp3) is 0.211. The standard InChI is InChI=1S/C19H16F3N3O3/c1-11-19(22,17(28)25(24-11)14-6-8-15(26)9-7-14)16(27)23-13-5-3-4-12(10-13)18(2,20)21/h3-10,26H,1-2H3,(H,23,27). The predicted molar refractivity (Wildman–Crippen MR) is 97.2 cm³/mol. The highest BCUT2D eigenvalue weighted by atomic mass is 19.3. The van der Waals surface area contributed by atoms with Crippen molar-refractivity contribution in [2.45, 2.75) is 25.4 Å². The number of phenols is 1. The van der Waals surface area contributed by atoms with Crippen LogP contribution in [0.3, 0.4) is 0 Å². The maximum Gasteiger partial charge on any atom is 0.307 e. The van der Waals surface area contributed by atoms with Crippen molar-refractivity contribution in [2.75, 3.05) is 10.3 Å². The topological polar surface area (TPSA) is 82.0 Å². The molecule has 0 aromatic heterocycles. The highest BCUT2D eigenvalue weighted by Crippen LogP contribution is 2.32. The summed E-state index contributed by atoms with van der Waals surface area (Å²) in [7, 11) is 0. The summed E-state index contributed by atoms with van der Waals surface area (Å²) in [5.74, 6) is -5.79. The molecular formula is C19H16F3N3O3. The van der Waals surface area contributed by atoms with Crippen molar-refractivity contribution in [3.63, 3.8) is 0 Å². The minimum absolute atomic E-state index is 0.0621. The van der Waals surface area contributed by atoms with Gasteiger partial charge in [0, 0.05) is 18.2 Å². The van der Waals surface area contributed by atoms with Crippen LogP contribution >= 0.6 is 0 Å². The summed E-state index contributed by atoms with van der Waals surface area (Å²) < 4.78 is 42.3. The molecule has 2 amide bonds. The first-order chi connectivity index (χ1) is 13.0. The van der Waals surface area contributed by atoms with Gasteiger partial charge in [-0.05, 0) is 43.3 Å². The Hall–Kier alpha value is -3.36. The maximum atomic E-state index is 15.4. The maximum absolute atomic E-state index is 15.4. The van der Waals surface area contributed by atoms with Gasteiger partial charge >= 0.3 is 11.6 Å². The lowest BCUT2D eigenvalue weighted by atomic mass is 9.99. The van der Waals surface area contributed by atoms with Crippen LogP contribution < -0.4 is 10.3 Å². The smallest absolute Gasteiger partial charge is 0.307 e. The summed E-state index contributed by atoms with van der Waals surface area (Å²) in [5.41, 5.74) is -3.79. The number of rotatable bonds is 4. The first-order valence-corrected chi connectivity index (χ1v) is 8.21. The average molecular weight is 391 g/mol. The van der Waals surface area contributed by atoms with Gasteiger partial charge in [-0.15, -0.1) is 0 Å². The SMILES string of the molecule is CC1=NN(c2ccc(O)cc2)C(=O)C1(F)C(=O)Nc1cccc(C(C)(F)F)c1. The number of hydrogen-bond acceptors (Lipinski definition) is 4. The number of benzene rings is 2. The summed E-state index contributed by atoms with van der Waals surface area (Å²) in [5, 5.41) is 16.0. The van der Waals surface area contributed by atoms with Crippen molar-refractivity contribution in [3.05, 3.63) is 54.1 Å². The lowest BCUT2D eigenvalue weighted by Gasteiger charge is -2.20. The van der Waals surface area contributed by atoms with Crippen molar-refractivity contribution in [1.29, 1.82) is 0 Å². The summed E-state index contributed by atoms with van der Waals surface area (Å²) in [6.07, 6.45) is 0. The monoisotopic (exact) mass is 391 g/mol. The first-order valence-electron chi connectivity index (χ1n) is 8.21. The second kappa shape index (κ2) is 6.66. The van der Waals surface area contributed by atoms with E-state index in [4.69, 9.17) is 0 Å². The van der Waals surface area contributed by atoms with Gasteiger partial charge in [-0.25, -0.2) is 13.2 Å². The Morgan fingerprint density at radius 2 is 1.86 bits per heavy atom. The molecule has 2 N–H and O–H groups in total. The molecule has 1 unspecified atom stereocenters. The number of halogens is 3. The number of anilines is 2. The zero-order valence-corrected chi connectivity index (χ0v) is 14.9. The Kier molecular flexibility index (Phi) is 4.62. The normalized spacial score (nSPS) is 19.5. The van der Waals surface area contributed by atoms with Gasteiger partial charge in [0.15, 0.2) is 0 Å². The van der Waals surface area contributed by atoms with Gasteiger partial charge < -0.3 is 10.4 Å². The van der Waals surface area contributed by atoms with Crippen LogP contribution in [0, 0.1) is 0 Å². The van der Waals surface area contributed by atoms with E-state index in [-0.39, 0.29) is 22.7 Å². The zero-order chi connectivity index (χ0) is 20.7. The molecule has 1 atom stereocenters. The van der Waals surface area contributed by atoms with Gasteiger partial charge in [-0.3, -0.25) is 9.59 Å². The van der Waals surface area contributed by atoms with Gasteiger partial charge in [0.2, 0.25) is 0 Å². The molecule has 0 aliphatic carbocycles. The lowest BCUT2D eigenvalue weighted by Crippen LogP contribution is -2.51. The number of carbonyl (C=O) groups is 2. The second-order valence-electron chi connectivity index (χ2n) is 6.40. The van der Waals surface area contributed by atoms with Gasteiger partial charge in [0.1, 0.15) is 5.75 Å². The second-order valence-corrected chi connectivity index (χ2v) is 6.40. The van der Waals surface area contributed by atoms with Crippen LogP contribution in [0.4, 0.5) is 24.5 Å². The molecule has 1 aliphatic rings. The van der Waals surface area contributed by atoms with E-state index in [2.05, 4.69) is 10.4 Å². The Morgan fingerprint density at radius 1 is 1.21 bits per heavy atom. The molecular weight excluding hydrogens is 375 g/mol. The van der Waals surface area contributed by atoms with Crippen LogP contribution in [-0.4, -0.2) is 28.3 Å². The zero-order valence-electron chi connectivity index (χ0n) is 14.9. The number of hydrazone groups is 1. The minimum atomic E-state index is -3.15. The number of alkyl halides is 3. The van der Waals surface area contributed by atoms with E-state index < -0.39 is 29.1 Å². The van der Waals surface area contributed by atoms with Crippen LogP contribution in [0.2, 0.25) is 0 Å². The van der Waals surface area contributed by atoms with E-state index in [1.54, 1.807) is 0 Å². The number of carbonyl (C=O) groups excluding carboxylic acids is 2. The number of hydrogen-bond donors (Lipinski definition) is 2. The van der Waals surface area contributed by atoms with Gasteiger partial charge in [-0.1, -0.05) is 12.1 Å². The fourth-order valence-corrected chi connectivity index (χ4v) is 2.68. The molecule has 0 saturated carbocycles. The molecule has 3 rings (SSSR count). The molecule has 0 fully saturated rings. The molecule has 0 saturated heterocycles. The Bertz CT molecular complexity index is 970. The van der Waals surface area contributed by atoms with E-state index >= 15 is 4.39 Å². The predicted octanol–water partition coefficient (Wildman–Crippen LogP) is 3.57. The quantitative estimate of drug-likeness (QED) is 0.782. The average Bonchev–Trinajstić information content (AvgIpc) is 2.87. The third kappa shape index (κ3) is 3.30. The van der Waals surface area contributed by atoms with Crippen molar-refractivity contribution in [2.24, 2.45) is 5.10 Å². The van der Waals surface area contributed by atoms with Gasteiger partial charge in [0.25, 0.3) is 11.8 Å². The van der Waals surface area contributed by atoms with E-state index in [9.17, 15) is 23.5 Å². The van der Waals surface area contributed by atoms with Gasteiger partial charge in [-0.2, -0.15) is 10.1 Å². The molecule has 9 heteroatoms. The fourth-order valence-electron chi connectivity index (χ4n) is 2.68. The highest BCUT2D eigenvalue weighted by molar-refractivity contribution is 6.36. The first kappa shape index (κ1) is 19.4. The number of nitrogens with one attached hydrogen (secondary N) is 1. The van der Waals surface area contributed by atoms with E-state index in [0.717, 1.165) is 6.07 Å². The third-order valence-corrected chi connectivity index (χ3v) is 4.27. The molecule has 1 heterocycles. The number of nitrogens with zero attached hydrogens (tertiary/aromatic N) is 2. The third-order valence-electron chi connectivity index (χ3n) is 4.27. The van der Waals surface area contributed by atoms with E-state index in [1.807, 2.05) is 0 Å². The summed E-state index contributed by atoms with van der Waals surface area (Å²) in [4.78, 5) is 25.1. The van der Waals surface area contributed by atoms with Crippen molar-refractivity contribution < 1.29 is 27.9 Å². The summed E-state index contributed by atoms with van der Waals surface area (Å²) in [6.45, 7) is 1.87. The Labute approximate surface area is 158 Å². The molecule has 1 aliphatic heterocycles. The molecule has 0 spiro atoms. The van der Waals surface area contributed by atoms with Gasteiger partial charge in [0.05, 0.1) is 11.4 Å². The number of aromatic hydroxyl groups is 1. The van der Waals surface area contributed by atoms with E-state index in [1.165, 1.54) is 49.4 Å². The number of phenolic OH excluding ortho intramolecular Hbond substituents is 1. The van der Waals surface area contributed by atoms with Crippen LogP contribution in [0.15, 0.2) is 53.6 Å². The van der Waals surface area contributed by atoms with Crippen LogP contribution in [-0.2, 0) is 15.5 Å². The van der Waals surface area contributed by atoms with Crippen LogP contribution in [0.25, 0.3) is 0 Å².